The third-order valence-electron chi connectivity index (χ3n) is 4.00. The van der Waals surface area contributed by atoms with E-state index in [-0.39, 0.29) is 12.3 Å². The van der Waals surface area contributed by atoms with Gasteiger partial charge in [-0.3, -0.25) is 4.98 Å². The molecule has 2 heterocycles. The Bertz CT molecular complexity index is 1030. The van der Waals surface area contributed by atoms with Gasteiger partial charge in [-0.15, -0.1) is 0 Å². The summed E-state index contributed by atoms with van der Waals surface area (Å²) in [6, 6.07) is 9.70. The lowest BCUT2D eigenvalue weighted by molar-refractivity contribution is 0.00578. The molecule has 2 aromatic heterocycles. The Morgan fingerprint density at radius 3 is 2.62 bits per heavy atom. The number of carbonyl (C=O) groups is 1. The fourth-order valence-electron chi connectivity index (χ4n) is 2.70. The third kappa shape index (κ3) is 5.31. The van der Waals surface area contributed by atoms with Crippen LogP contribution in [0.5, 0.6) is 5.75 Å². The van der Waals surface area contributed by atoms with E-state index >= 15 is 0 Å². The molecule has 7 heteroatoms. The quantitative estimate of drug-likeness (QED) is 0.380. The third-order valence-corrected chi connectivity index (χ3v) is 4.69. The first kappa shape index (κ1) is 21.2. The van der Waals surface area contributed by atoms with Crippen molar-refractivity contribution in [2.24, 2.45) is 0 Å². The molecular formula is C22H23BrN2O4. The summed E-state index contributed by atoms with van der Waals surface area (Å²) >= 11 is 3.54. The molecule has 6 nitrogen and oxygen atoms in total. The molecule has 0 fully saturated rings. The van der Waals surface area contributed by atoms with Crippen molar-refractivity contribution >= 4 is 32.7 Å². The van der Waals surface area contributed by atoms with Crippen LogP contribution in [0.2, 0.25) is 0 Å². The number of hydrogen-bond donors (Lipinski definition) is 0. The highest BCUT2D eigenvalue weighted by Crippen LogP contribution is 2.30. The maximum absolute atomic E-state index is 12.6. The van der Waals surface area contributed by atoms with E-state index in [1.165, 1.54) is 0 Å². The molecule has 29 heavy (non-hydrogen) atoms. The largest absolute Gasteiger partial charge is 0.489 e. The standard InChI is InChI=1S/C22H23BrN2O4/c1-22(2,3)29-21(26)20-19(28-9-8-27-4)11-15(12-25-20)18-10-14-6-5-7-17(23)16(14)13-24-18/h5-7,10-13H,8-9H2,1-4H3. The van der Waals surface area contributed by atoms with Gasteiger partial charge in [0.05, 0.1) is 12.3 Å². The fraction of sp³-hybridized carbons (Fsp3) is 0.318. The lowest BCUT2D eigenvalue weighted by atomic mass is 10.1. The number of esters is 1. The van der Waals surface area contributed by atoms with Gasteiger partial charge in [0.15, 0.2) is 11.4 Å². The second-order valence-corrected chi connectivity index (χ2v) is 8.30. The molecule has 3 aromatic rings. The highest BCUT2D eigenvalue weighted by Gasteiger charge is 2.23. The summed E-state index contributed by atoms with van der Waals surface area (Å²) in [6.07, 6.45) is 3.41. The molecule has 0 aliphatic heterocycles. The molecule has 0 N–H and O–H groups in total. The molecule has 0 bridgehead atoms. The first-order valence-corrected chi connectivity index (χ1v) is 9.97. The highest BCUT2D eigenvalue weighted by molar-refractivity contribution is 9.10. The van der Waals surface area contributed by atoms with Crippen LogP contribution < -0.4 is 4.74 Å². The van der Waals surface area contributed by atoms with Crippen LogP contribution in [-0.2, 0) is 9.47 Å². The van der Waals surface area contributed by atoms with E-state index in [1.807, 2.05) is 51.2 Å². The maximum Gasteiger partial charge on any atom is 0.361 e. The Labute approximate surface area is 178 Å². The van der Waals surface area contributed by atoms with E-state index < -0.39 is 11.6 Å². The van der Waals surface area contributed by atoms with Gasteiger partial charge in [-0.2, -0.15) is 0 Å². The Morgan fingerprint density at radius 2 is 1.90 bits per heavy atom. The summed E-state index contributed by atoms with van der Waals surface area (Å²) in [5.74, 6) is -0.197. The first-order valence-electron chi connectivity index (χ1n) is 9.18. The van der Waals surface area contributed by atoms with E-state index in [2.05, 4.69) is 25.9 Å². The number of hydrogen-bond acceptors (Lipinski definition) is 6. The Morgan fingerprint density at radius 1 is 1.10 bits per heavy atom. The number of carbonyl (C=O) groups excluding carboxylic acids is 1. The van der Waals surface area contributed by atoms with E-state index in [0.717, 1.165) is 26.5 Å². The number of methoxy groups -OCH3 is 1. The van der Waals surface area contributed by atoms with Crippen LogP contribution in [0.1, 0.15) is 31.3 Å². The molecule has 0 aliphatic carbocycles. The molecule has 0 radical (unpaired) electrons. The van der Waals surface area contributed by atoms with Crippen LogP contribution >= 0.6 is 15.9 Å². The first-order chi connectivity index (χ1) is 13.8. The SMILES string of the molecule is COCCOc1cc(-c2cc3cccc(Br)c3cn2)cnc1C(=O)OC(C)(C)C. The van der Waals surface area contributed by atoms with E-state index in [9.17, 15) is 4.79 Å². The molecule has 0 atom stereocenters. The lowest BCUT2D eigenvalue weighted by Crippen LogP contribution is -2.25. The second kappa shape index (κ2) is 8.88. The smallest absolute Gasteiger partial charge is 0.361 e. The summed E-state index contributed by atoms with van der Waals surface area (Å²) < 4.78 is 17.2. The summed E-state index contributed by atoms with van der Waals surface area (Å²) in [4.78, 5) is 21.4. The number of pyridine rings is 2. The number of benzene rings is 1. The summed E-state index contributed by atoms with van der Waals surface area (Å²) in [6.45, 7) is 6.10. The van der Waals surface area contributed by atoms with Crippen LogP contribution in [0.3, 0.4) is 0 Å². The Hall–Kier alpha value is -2.51. The van der Waals surface area contributed by atoms with E-state index in [4.69, 9.17) is 14.2 Å². The van der Waals surface area contributed by atoms with Crippen molar-refractivity contribution in [1.29, 1.82) is 0 Å². The van der Waals surface area contributed by atoms with Gasteiger partial charge >= 0.3 is 5.97 Å². The van der Waals surface area contributed by atoms with E-state index in [1.54, 1.807) is 19.4 Å². The minimum atomic E-state index is -0.630. The molecule has 0 unspecified atom stereocenters. The molecule has 0 amide bonds. The van der Waals surface area contributed by atoms with Crippen LogP contribution in [-0.4, -0.2) is 41.9 Å². The van der Waals surface area contributed by atoms with Crippen molar-refractivity contribution in [3.8, 4) is 17.0 Å². The molecule has 3 rings (SSSR count). The molecule has 152 valence electrons. The zero-order chi connectivity index (χ0) is 21.0. The molecular weight excluding hydrogens is 436 g/mol. The lowest BCUT2D eigenvalue weighted by Gasteiger charge is -2.20. The average molecular weight is 459 g/mol. The number of aromatic nitrogens is 2. The predicted molar refractivity (Wildman–Crippen MR) is 115 cm³/mol. The fourth-order valence-corrected chi connectivity index (χ4v) is 3.19. The number of halogens is 1. The number of rotatable bonds is 6. The minimum absolute atomic E-state index is 0.128. The molecule has 0 saturated carbocycles. The van der Waals surface area contributed by atoms with Crippen molar-refractivity contribution in [3.05, 3.63) is 52.9 Å². The zero-order valence-corrected chi connectivity index (χ0v) is 18.4. The van der Waals surface area contributed by atoms with Gasteiger partial charge in [-0.25, -0.2) is 9.78 Å². The van der Waals surface area contributed by atoms with Gasteiger partial charge in [0, 0.05) is 34.9 Å². The van der Waals surface area contributed by atoms with Crippen LogP contribution in [0.15, 0.2) is 47.2 Å². The van der Waals surface area contributed by atoms with Gasteiger partial charge in [0.25, 0.3) is 0 Å². The van der Waals surface area contributed by atoms with Gasteiger partial charge in [0.2, 0.25) is 0 Å². The summed E-state index contributed by atoms with van der Waals surface area (Å²) in [5, 5.41) is 2.06. The van der Waals surface area contributed by atoms with Gasteiger partial charge in [0.1, 0.15) is 12.2 Å². The highest BCUT2D eigenvalue weighted by atomic mass is 79.9. The Balaban J connectivity index is 1.99. The molecule has 0 saturated heterocycles. The summed E-state index contributed by atoms with van der Waals surface area (Å²) in [5.41, 5.74) is 0.972. The Kier molecular flexibility index (Phi) is 6.49. The monoisotopic (exact) mass is 458 g/mol. The molecule has 1 aromatic carbocycles. The second-order valence-electron chi connectivity index (χ2n) is 7.44. The van der Waals surface area contributed by atoms with Gasteiger partial charge in [-0.05, 0) is 44.4 Å². The van der Waals surface area contributed by atoms with Crippen LogP contribution in [0.4, 0.5) is 0 Å². The average Bonchev–Trinajstić information content (AvgIpc) is 2.66. The number of fused-ring (bicyclic) bond motifs is 1. The van der Waals surface area contributed by atoms with Crippen molar-refractivity contribution in [2.45, 2.75) is 26.4 Å². The van der Waals surface area contributed by atoms with Crippen LogP contribution in [0, 0.1) is 0 Å². The van der Waals surface area contributed by atoms with Gasteiger partial charge < -0.3 is 14.2 Å². The molecule has 0 aliphatic rings. The van der Waals surface area contributed by atoms with Crippen molar-refractivity contribution in [3.63, 3.8) is 0 Å². The van der Waals surface area contributed by atoms with Crippen molar-refractivity contribution in [1.82, 2.24) is 9.97 Å². The van der Waals surface area contributed by atoms with Crippen LogP contribution in [0.25, 0.3) is 22.0 Å². The zero-order valence-electron chi connectivity index (χ0n) is 16.9. The van der Waals surface area contributed by atoms with Crippen molar-refractivity contribution in [2.75, 3.05) is 20.3 Å². The number of ether oxygens (including phenoxy) is 3. The summed E-state index contributed by atoms with van der Waals surface area (Å²) in [7, 11) is 1.59. The minimum Gasteiger partial charge on any atom is -0.489 e. The molecule has 0 spiro atoms. The maximum atomic E-state index is 12.6. The van der Waals surface area contributed by atoms with Gasteiger partial charge in [-0.1, -0.05) is 28.1 Å². The van der Waals surface area contributed by atoms with E-state index in [0.29, 0.717) is 12.4 Å². The topological polar surface area (TPSA) is 70.5 Å². The predicted octanol–water partition coefficient (Wildman–Crippen LogP) is 5.04. The van der Waals surface area contributed by atoms with Crippen molar-refractivity contribution < 1.29 is 19.0 Å². The number of nitrogens with zero attached hydrogens (tertiary/aromatic N) is 2. The normalized spacial score (nSPS) is 11.5.